The van der Waals surface area contributed by atoms with Crippen LogP contribution in [-0.2, 0) is 17.9 Å². The van der Waals surface area contributed by atoms with Crippen molar-refractivity contribution in [2.45, 2.75) is 32.4 Å². The average molecular weight is 362 g/mol. The van der Waals surface area contributed by atoms with Crippen LogP contribution in [0.4, 0.5) is 0 Å². The normalized spacial score (nSPS) is 16.6. The fourth-order valence-corrected chi connectivity index (χ4v) is 2.79. The molecular formula is C17H29Cl2N3O. The van der Waals surface area contributed by atoms with E-state index in [1.165, 1.54) is 17.5 Å². The van der Waals surface area contributed by atoms with Crippen molar-refractivity contribution >= 4 is 30.7 Å². The fourth-order valence-electron chi connectivity index (χ4n) is 2.79. The van der Waals surface area contributed by atoms with E-state index in [-0.39, 0.29) is 30.7 Å². The van der Waals surface area contributed by atoms with Crippen LogP contribution in [0.1, 0.15) is 30.4 Å². The van der Waals surface area contributed by atoms with E-state index < -0.39 is 0 Å². The molecule has 23 heavy (non-hydrogen) atoms. The largest absolute Gasteiger partial charge is 0.352 e. The van der Waals surface area contributed by atoms with E-state index in [9.17, 15) is 4.79 Å². The van der Waals surface area contributed by atoms with Crippen molar-refractivity contribution < 1.29 is 4.79 Å². The Hall–Kier alpha value is -0.810. The highest BCUT2D eigenvalue weighted by atomic mass is 35.5. The molecule has 2 N–H and O–H groups in total. The molecule has 1 aliphatic heterocycles. The standard InChI is InChI=1S/C17H27N3O.2ClH/c1-20(2)13-16-5-3-4-15(10-16)12-19-17(21)7-6-14-8-9-18-11-14;;/h3-5,10,14,18H,6-9,11-13H2,1-2H3,(H,19,21);2*1H. The molecule has 1 heterocycles. The third-order valence-corrected chi connectivity index (χ3v) is 3.92. The van der Waals surface area contributed by atoms with E-state index in [0.717, 1.165) is 26.1 Å². The Morgan fingerprint density at radius 2 is 2.04 bits per heavy atom. The van der Waals surface area contributed by atoms with E-state index in [1.54, 1.807) is 0 Å². The van der Waals surface area contributed by atoms with Gasteiger partial charge in [0.25, 0.3) is 0 Å². The van der Waals surface area contributed by atoms with Crippen LogP contribution in [0.5, 0.6) is 0 Å². The molecule has 4 nitrogen and oxygen atoms in total. The third-order valence-electron chi connectivity index (χ3n) is 3.92. The van der Waals surface area contributed by atoms with Gasteiger partial charge in [0.1, 0.15) is 0 Å². The highest BCUT2D eigenvalue weighted by molar-refractivity contribution is 5.85. The van der Waals surface area contributed by atoms with E-state index >= 15 is 0 Å². The first-order valence-electron chi connectivity index (χ1n) is 7.83. The van der Waals surface area contributed by atoms with Crippen LogP contribution < -0.4 is 10.6 Å². The second-order valence-corrected chi connectivity index (χ2v) is 6.23. The second kappa shape index (κ2) is 11.7. The zero-order valence-corrected chi connectivity index (χ0v) is 15.6. The molecule has 1 aromatic carbocycles. The number of nitrogens with zero attached hydrogens (tertiary/aromatic N) is 1. The Balaban J connectivity index is 0.00000242. The quantitative estimate of drug-likeness (QED) is 0.784. The molecule has 0 bridgehead atoms. The molecule has 6 heteroatoms. The van der Waals surface area contributed by atoms with Crippen LogP contribution >= 0.6 is 24.8 Å². The highest BCUT2D eigenvalue weighted by Crippen LogP contribution is 2.14. The number of carbonyl (C=O) groups is 1. The van der Waals surface area contributed by atoms with E-state index in [1.807, 2.05) is 0 Å². The number of hydrogen-bond acceptors (Lipinski definition) is 3. The lowest BCUT2D eigenvalue weighted by Crippen LogP contribution is -2.23. The Bertz CT molecular complexity index is 463. The summed E-state index contributed by atoms with van der Waals surface area (Å²) in [6.07, 6.45) is 2.85. The van der Waals surface area contributed by atoms with Gasteiger partial charge < -0.3 is 15.5 Å². The summed E-state index contributed by atoms with van der Waals surface area (Å²) in [6.45, 7) is 3.73. The number of nitrogens with one attached hydrogen (secondary N) is 2. The van der Waals surface area contributed by atoms with Gasteiger partial charge in [-0.2, -0.15) is 0 Å². The SMILES string of the molecule is CN(C)Cc1cccc(CNC(=O)CCC2CCNC2)c1.Cl.Cl. The summed E-state index contributed by atoms with van der Waals surface area (Å²) >= 11 is 0. The summed E-state index contributed by atoms with van der Waals surface area (Å²) in [7, 11) is 4.12. The Kier molecular flexibility index (Phi) is 11.3. The van der Waals surface area contributed by atoms with Gasteiger partial charge in [-0.25, -0.2) is 0 Å². The van der Waals surface area contributed by atoms with Crippen molar-refractivity contribution in [2.24, 2.45) is 5.92 Å². The minimum Gasteiger partial charge on any atom is -0.352 e. The number of benzene rings is 1. The number of hydrogen-bond donors (Lipinski definition) is 2. The van der Waals surface area contributed by atoms with Crippen molar-refractivity contribution in [2.75, 3.05) is 27.2 Å². The van der Waals surface area contributed by atoms with Gasteiger partial charge in [0, 0.05) is 19.5 Å². The molecule has 0 aromatic heterocycles. The van der Waals surface area contributed by atoms with Crippen LogP contribution in [0.2, 0.25) is 0 Å². The summed E-state index contributed by atoms with van der Waals surface area (Å²) in [6, 6.07) is 8.42. The van der Waals surface area contributed by atoms with Gasteiger partial charge in [-0.05, 0) is 57.1 Å². The van der Waals surface area contributed by atoms with Crippen molar-refractivity contribution in [3.8, 4) is 0 Å². The van der Waals surface area contributed by atoms with Gasteiger partial charge in [-0.3, -0.25) is 4.79 Å². The molecule has 0 spiro atoms. The molecule has 1 aromatic rings. The van der Waals surface area contributed by atoms with Gasteiger partial charge in [0.15, 0.2) is 0 Å². The summed E-state index contributed by atoms with van der Waals surface area (Å²) in [5.41, 5.74) is 2.45. The molecule has 1 saturated heterocycles. The first-order valence-corrected chi connectivity index (χ1v) is 7.83. The first kappa shape index (κ1) is 22.2. The minimum atomic E-state index is 0. The zero-order valence-electron chi connectivity index (χ0n) is 14.0. The average Bonchev–Trinajstić information content (AvgIpc) is 2.96. The smallest absolute Gasteiger partial charge is 0.220 e. The third kappa shape index (κ3) is 8.56. The Labute approximate surface area is 152 Å². The van der Waals surface area contributed by atoms with Crippen LogP contribution in [0, 0.1) is 5.92 Å². The van der Waals surface area contributed by atoms with Crippen molar-refractivity contribution in [1.82, 2.24) is 15.5 Å². The number of amides is 1. The predicted octanol–water partition coefficient (Wildman–Crippen LogP) is 2.60. The molecule has 0 saturated carbocycles. The molecule has 1 aliphatic rings. The van der Waals surface area contributed by atoms with Gasteiger partial charge in [-0.1, -0.05) is 24.3 Å². The lowest BCUT2D eigenvalue weighted by atomic mass is 10.0. The molecule has 1 fully saturated rings. The minimum absolute atomic E-state index is 0. The van der Waals surface area contributed by atoms with Crippen LogP contribution in [0.15, 0.2) is 24.3 Å². The fraction of sp³-hybridized carbons (Fsp3) is 0.588. The maximum absolute atomic E-state index is 11.9. The van der Waals surface area contributed by atoms with Gasteiger partial charge in [-0.15, -0.1) is 24.8 Å². The molecule has 0 aliphatic carbocycles. The number of halogens is 2. The van der Waals surface area contributed by atoms with Crippen molar-refractivity contribution in [1.29, 1.82) is 0 Å². The van der Waals surface area contributed by atoms with Crippen LogP contribution in [-0.4, -0.2) is 38.0 Å². The van der Waals surface area contributed by atoms with Gasteiger partial charge >= 0.3 is 0 Å². The number of rotatable bonds is 7. The second-order valence-electron chi connectivity index (χ2n) is 6.23. The van der Waals surface area contributed by atoms with E-state index in [4.69, 9.17) is 0 Å². The molecule has 1 unspecified atom stereocenters. The molecule has 1 amide bonds. The lowest BCUT2D eigenvalue weighted by molar-refractivity contribution is -0.121. The maximum atomic E-state index is 11.9. The monoisotopic (exact) mass is 361 g/mol. The maximum Gasteiger partial charge on any atom is 0.220 e. The zero-order chi connectivity index (χ0) is 15.1. The van der Waals surface area contributed by atoms with Gasteiger partial charge in [0.05, 0.1) is 0 Å². The Morgan fingerprint density at radius 1 is 1.30 bits per heavy atom. The molecule has 132 valence electrons. The summed E-state index contributed by atoms with van der Waals surface area (Å²) in [4.78, 5) is 14.0. The van der Waals surface area contributed by atoms with Crippen molar-refractivity contribution in [3.63, 3.8) is 0 Å². The highest BCUT2D eigenvalue weighted by Gasteiger charge is 2.15. The lowest BCUT2D eigenvalue weighted by Gasteiger charge is -2.12. The summed E-state index contributed by atoms with van der Waals surface area (Å²) < 4.78 is 0. The van der Waals surface area contributed by atoms with E-state index in [0.29, 0.717) is 18.9 Å². The topological polar surface area (TPSA) is 44.4 Å². The van der Waals surface area contributed by atoms with Crippen molar-refractivity contribution in [3.05, 3.63) is 35.4 Å². The molecule has 1 atom stereocenters. The Morgan fingerprint density at radius 3 is 2.70 bits per heavy atom. The first-order chi connectivity index (χ1) is 10.1. The summed E-state index contributed by atoms with van der Waals surface area (Å²) in [5, 5.41) is 6.37. The van der Waals surface area contributed by atoms with Gasteiger partial charge in [0.2, 0.25) is 5.91 Å². The summed E-state index contributed by atoms with van der Waals surface area (Å²) in [5.74, 6) is 0.846. The molecular weight excluding hydrogens is 333 g/mol. The molecule has 0 radical (unpaired) electrons. The van der Waals surface area contributed by atoms with Crippen LogP contribution in [0.25, 0.3) is 0 Å². The van der Waals surface area contributed by atoms with Crippen LogP contribution in [0.3, 0.4) is 0 Å². The number of carbonyl (C=O) groups excluding carboxylic acids is 1. The predicted molar refractivity (Wildman–Crippen MR) is 100 cm³/mol. The van der Waals surface area contributed by atoms with E-state index in [2.05, 4.69) is 53.9 Å². The molecule has 2 rings (SSSR count).